The highest BCUT2D eigenvalue weighted by atomic mass is 35.5. The second-order valence-electron chi connectivity index (χ2n) is 5.61. The van der Waals surface area contributed by atoms with E-state index in [0.29, 0.717) is 31.3 Å². The van der Waals surface area contributed by atoms with Crippen molar-refractivity contribution < 1.29 is 14.6 Å². The lowest BCUT2D eigenvalue weighted by molar-refractivity contribution is -0.138. The molecule has 0 bridgehead atoms. The van der Waals surface area contributed by atoms with E-state index in [1.165, 1.54) is 0 Å². The Kier molecular flexibility index (Phi) is 6.64. The molecule has 122 valence electrons. The maximum Gasteiger partial charge on any atom is 0.248 e. The molecule has 0 saturated carbocycles. The Bertz CT molecular complexity index is 488. The summed E-state index contributed by atoms with van der Waals surface area (Å²) in [4.78, 5) is 16.1. The van der Waals surface area contributed by atoms with Crippen molar-refractivity contribution in [3.63, 3.8) is 0 Å². The van der Waals surface area contributed by atoms with Crippen LogP contribution in [-0.4, -0.2) is 66.2 Å². The maximum atomic E-state index is 12.1. The third kappa shape index (κ3) is 5.25. The largest absolute Gasteiger partial charge is 0.392 e. The van der Waals surface area contributed by atoms with E-state index in [1.807, 2.05) is 29.2 Å². The highest BCUT2D eigenvalue weighted by Crippen LogP contribution is 2.15. The Balaban J connectivity index is 1.69. The minimum Gasteiger partial charge on any atom is -0.392 e. The number of hydrogen-bond acceptors (Lipinski definition) is 4. The number of amides is 1. The van der Waals surface area contributed by atoms with Crippen molar-refractivity contribution in [2.75, 3.05) is 39.3 Å². The third-order valence-corrected chi connectivity index (χ3v) is 4.06. The van der Waals surface area contributed by atoms with Gasteiger partial charge in [0, 0.05) is 37.7 Å². The fraction of sp³-hybridized carbons (Fsp3) is 0.562. The Morgan fingerprint density at radius 3 is 2.64 bits per heavy atom. The fourth-order valence-corrected chi connectivity index (χ4v) is 2.70. The molecule has 22 heavy (non-hydrogen) atoms. The average Bonchev–Trinajstić information content (AvgIpc) is 2.49. The van der Waals surface area contributed by atoms with Crippen LogP contribution >= 0.6 is 11.6 Å². The van der Waals surface area contributed by atoms with Gasteiger partial charge in [0.25, 0.3) is 0 Å². The normalized spacial score (nSPS) is 17.5. The van der Waals surface area contributed by atoms with E-state index >= 15 is 0 Å². The molecule has 1 aromatic rings. The summed E-state index contributed by atoms with van der Waals surface area (Å²) in [5.74, 6) is 0.00347. The summed E-state index contributed by atoms with van der Waals surface area (Å²) in [7, 11) is 0. The smallest absolute Gasteiger partial charge is 0.248 e. The molecule has 0 aromatic heterocycles. The van der Waals surface area contributed by atoms with Crippen molar-refractivity contribution in [1.29, 1.82) is 0 Å². The van der Waals surface area contributed by atoms with E-state index in [1.54, 1.807) is 6.92 Å². The number of aliphatic hydroxyl groups is 1. The summed E-state index contributed by atoms with van der Waals surface area (Å²) in [5.41, 5.74) is 0.888. The van der Waals surface area contributed by atoms with Gasteiger partial charge in [-0.2, -0.15) is 0 Å². The number of carbonyl (C=O) groups is 1. The molecular formula is C16H23ClN2O3. The van der Waals surface area contributed by atoms with E-state index in [-0.39, 0.29) is 18.6 Å². The second-order valence-corrected chi connectivity index (χ2v) is 6.02. The molecule has 1 saturated heterocycles. The molecule has 1 aliphatic heterocycles. The monoisotopic (exact) mass is 326 g/mol. The van der Waals surface area contributed by atoms with Crippen LogP contribution in [0.25, 0.3) is 0 Å². The lowest BCUT2D eigenvalue weighted by Crippen LogP contribution is -2.51. The average molecular weight is 327 g/mol. The number of hydrogen-bond donors (Lipinski definition) is 1. The summed E-state index contributed by atoms with van der Waals surface area (Å²) in [6, 6.07) is 7.46. The number of halogens is 1. The number of nitrogens with zero attached hydrogens (tertiary/aromatic N) is 2. The van der Waals surface area contributed by atoms with Crippen LogP contribution in [0, 0.1) is 0 Å². The predicted octanol–water partition coefficient (Wildman–Crippen LogP) is 1.38. The number of carbonyl (C=O) groups excluding carboxylic acids is 1. The molecule has 1 N–H and O–H groups in total. The van der Waals surface area contributed by atoms with Gasteiger partial charge in [-0.05, 0) is 18.6 Å². The van der Waals surface area contributed by atoms with E-state index in [0.717, 1.165) is 18.7 Å². The van der Waals surface area contributed by atoms with E-state index < -0.39 is 0 Å². The predicted molar refractivity (Wildman–Crippen MR) is 85.8 cm³/mol. The molecule has 0 radical (unpaired) electrons. The first kappa shape index (κ1) is 17.2. The maximum absolute atomic E-state index is 12.1. The van der Waals surface area contributed by atoms with Crippen molar-refractivity contribution in [3.8, 4) is 0 Å². The third-order valence-electron chi connectivity index (χ3n) is 3.69. The van der Waals surface area contributed by atoms with E-state index in [9.17, 15) is 9.90 Å². The molecule has 1 unspecified atom stereocenters. The highest BCUT2D eigenvalue weighted by Gasteiger charge is 2.21. The molecule has 1 atom stereocenters. The summed E-state index contributed by atoms with van der Waals surface area (Å²) in [6.45, 7) is 5.80. The van der Waals surface area contributed by atoms with Gasteiger partial charge >= 0.3 is 0 Å². The second kappa shape index (κ2) is 8.48. The van der Waals surface area contributed by atoms with Gasteiger partial charge in [0.1, 0.15) is 6.61 Å². The van der Waals surface area contributed by atoms with Crippen LogP contribution in [0.1, 0.15) is 12.5 Å². The van der Waals surface area contributed by atoms with Crippen molar-refractivity contribution >= 4 is 17.5 Å². The van der Waals surface area contributed by atoms with Crippen molar-refractivity contribution in [3.05, 3.63) is 34.9 Å². The van der Waals surface area contributed by atoms with Gasteiger partial charge in [-0.25, -0.2) is 0 Å². The first-order valence-corrected chi connectivity index (χ1v) is 7.93. The molecule has 2 rings (SSSR count). The zero-order valence-electron chi connectivity index (χ0n) is 12.9. The van der Waals surface area contributed by atoms with Gasteiger partial charge in [0.15, 0.2) is 0 Å². The molecule has 1 aliphatic rings. The van der Waals surface area contributed by atoms with Crippen LogP contribution in [0.15, 0.2) is 24.3 Å². The molecule has 1 fully saturated rings. The number of aliphatic hydroxyl groups excluding tert-OH is 1. The summed E-state index contributed by atoms with van der Waals surface area (Å²) >= 11 is 6.04. The summed E-state index contributed by atoms with van der Waals surface area (Å²) in [6.07, 6.45) is -0.332. The molecule has 5 nitrogen and oxygen atoms in total. The molecular weight excluding hydrogens is 304 g/mol. The van der Waals surface area contributed by atoms with Crippen LogP contribution in [0.5, 0.6) is 0 Å². The SMILES string of the molecule is CC(O)CN1CCN(C(=O)COCc2ccccc2Cl)CC1. The molecule has 1 heterocycles. The minimum atomic E-state index is -0.332. The number of β-amino-alcohol motifs (C(OH)–C–C–N with tert-alkyl or cyclic N) is 1. The van der Waals surface area contributed by atoms with E-state index in [2.05, 4.69) is 4.90 Å². The lowest BCUT2D eigenvalue weighted by atomic mass is 10.2. The van der Waals surface area contributed by atoms with Crippen molar-refractivity contribution in [2.45, 2.75) is 19.6 Å². The Morgan fingerprint density at radius 2 is 2.00 bits per heavy atom. The van der Waals surface area contributed by atoms with Crippen molar-refractivity contribution in [2.24, 2.45) is 0 Å². The molecule has 1 amide bonds. The Labute approximate surface area is 136 Å². The number of rotatable bonds is 6. The Morgan fingerprint density at radius 1 is 1.32 bits per heavy atom. The van der Waals surface area contributed by atoms with Gasteiger partial charge in [-0.15, -0.1) is 0 Å². The lowest BCUT2D eigenvalue weighted by Gasteiger charge is -2.35. The number of ether oxygens (including phenoxy) is 1. The minimum absolute atomic E-state index is 0.00347. The molecule has 0 aliphatic carbocycles. The molecule has 6 heteroatoms. The fourth-order valence-electron chi connectivity index (χ4n) is 2.51. The molecule has 1 aromatic carbocycles. The first-order chi connectivity index (χ1) is 10.6. The molecule has 0 spiro atoms. The first-order valence-electron chi connectivity index (χ1n) is 7.55. The van der Waals surface area contributed by atoms with Gasteiger partial charge in [0.2, 0.25) is 5.91 Å². The summed E-state index contributed by atoms with van der Waals surface area (Å²) in [5, 5.41) is 10.0. The van der Waals surface area contributed by atoms with Crippen LogP contribution in [-0.2, 0) is 16.1 Å². The van der Waals surface area contributed by atoms with Crippen LogP contribution in [0.3, 0.4) is 0 Å². The Hall–Kier alpha value is -1.14. The van der Waals surface area contributed by atoms with Crippen LogP contribution in [0.2, 0.25) is 5.02 Å². The number of piperazine rings is 1. The standard InChI is InChI=1S/C16H23ClN2O3/c1-13(20)10-18-6-8-19(9-7-18)16(21)12-22-11-14-4-2-3-5-15(14)17/h2-5,13,20H,6-12H2,1H3. The van der Waals surface area contributed by atoms with Crippen LogP contribution < -0.4 is 0 Å². The quantitative estimate of drug-likeness (QED) is 0.858. The highest BCUT2D eigenvalue weighted by molar-refractivity contribution is 6.31. The van der Waals surface area contributed by atoms with E-state index in [4.69, 9.17) is 16.3 Å². The van der Waals surface area contributed by atoms with Crippen LogP contribution in [0.4, 0.5) is 0 Å². The zero-order chi connectivity index (χ0) is 15.9. The number of benzene rings is 1. The topological polar surface area (TPSA) is 53.0 Å². The van der Waals surface area contributed by atoms with Gasteiger partial charge in [-0.3, -0.25) is 9.69 Å². The zero-order valence-corrected chi connectivity index (χ0v) is 13.6. The van der Waals surface area contributed by atoms with Gasteiger partial charge in [0.05, 0.1) is 12.7 Å². The summed E-state index contributed by atoms with van der Waals surface area (Å²) < 4.78 is 5.48. The van der Waals surface area contributed by atoms with Crippen molar-refractivity contribution in [1.82, 2.24) is 9.80 Å². The van der Waals surface area contributed by atoms with Gasteiger partial charge in [-0.1, -0.05) is 29.8 Å². The van der Waals surface area contributed by atoms with Gasteiger partial charge < -0.3 is 14.7 Å².